The van der Waals surface area contributed by atoms with Crippen molar-refractivity contribution < 1.29 is 24.8 Å². The van der Waals surface area contributed by atoms with Gasteiger partial charge in [0.25, 0.3) is 0 Å². The third-order valence-corrected chi connectivity index (χ3v) is 3.99. The quantitative estimate of drug-likeness (QED) is 0.404. The second-order valence-corrected chi connectivity index (χ2v) is 5.41. The van der Waals surface area contributed by atoms with E-state index in [4.69, 9.17) is 26.0 Å². The van der Waals surface area contributed by atoms with Gasteiger partial charge in [-0.25, -0.2) is 0 Å². The number of aliphatic hydroxyl groups is 3. The van der Waals surface area contributed by atoms with Crippen LogP contribution in [0.4, 0.5) is 0 Å². The Morgan fingerprint density at radius 1 is 1.11 bits per heavy atom. The molecule has 2 rings (SSSR count). The standard InChI is InChI=1S/C12H24N2O5/c13-6-3-1-2-4-7(6)18-12-9(14)11(17)10(16)8(5-15)19-12/h6-12,15-17H,1-5,13-14H2/t6-,7-,8-,9-,10-,11-,12+/m0/s1. The third-order valence-electron chi connectivity index (χ3n) is 3.99. The van der Waals surface area contributed by atoms with Gasteiger partial charge < -0.3 is 36.3 Å². The number of hydrogen-bond acceptors (Lipinski definition) is 7. The van der Waals surface area contributed by atoms with Gasteiger partial charge in [0.1, 0.15) is 18.3 Å². The Hall–Kier alpha value is -0.280. The van der Waals surface area contributed by atoms with Crippen molar-refractivity contribution in [3.05, 3.63) is 0 Å². The van der Waals surface area contributed by atoms with Crippen LogP contribution in [0, 0.1) is 0 Å². The largest absolute Gasteiger partial charge is 0.394 e. The lowest BCUT2D eigenvalue weighted by molar-refractivity contribution is -0.281. The van der Waals surface area contributed by atoms with E-state index in [0.29, 0.717) is 0 Å². The molecule has 1 aliphatic heterocycles. The lowest BCUT2D eigenvalue weighted by Gasteiger charge is -2.42. The zero-order valence-corrected chi connectivity index (χ0v) is 10.9. The van der Waals surface area contributed by atoms with Crippen LogP contribution in [0.15, 0.2) is 0 Å². The molecule has 7 heteroatoms. The molecule has 1 aliphatic carbocycles. The maximum absolute atomic E-state index is 9.84. The number of aliphatic hydroxyl groups excluding tert-OH is 3. The summed E-state index contributed by atoms with van der Waals surface area (Å²) in [6.07, 6.45) is -0.461. The molecule has 0 amide bonds. The molecule has 2 fully saturated rings. The highest BCUT2D eigenvalue weighted by molar-refractivity contribution is 4.92. The lowest BCUT2D eigenvalue weighted by Crippen LogP contribution is -2.63. The van der Waals surface area contributed by atoms with Crippen LogP contribution in [-0.4, -0.2) is 64.7 Å². The molecule has 7 nitrogen and oxygen atoms in total. The Morgan fingerprint density at radius 3 is 2.42 bits per heavy atom. The molecule has 1 saturated carbocycles. The Bertz CT molecular complexity index is 291. The first-order valence-electron chi connectivity index (χ1n) is 6.83. The van der Waals surface area contributed by atoms with Crippen molar-refractivity contribution in [1.29, 1.82) is 0 Å². The summed E-state index contributed by atoms with van der Waals surface area (Å²) in [5.74, 6) is 0. The smallest absolute Gasteiger partial charge is 0.176 e. The topological polar surface area (TPSA) is 131 Å². The number of hydrogen-bond donors (Lipinski definition) is 5. The number of rotatable bonds is 3. The zero-order valence-electron chi connectivity index (χ0n) is 10.9. The molecule has 0 unspecified atom stereocenters. The first-order chi connectivity index (χ1) is 9.04. The highest BCUT2D eigenvalue weighted by Gasteiger charge is 2.44. The molecule has 1 saturated heterocycles. The first kappa shape index (κ1) is 15.1. The van der Waals surface area contributed by atoms with Crippen LogP contribution >= 0.6 is 0 Å². The van der Waals surface area contributed by atoms with Crippen LogP contribution in [-0.2, 0) is 9.47 Å². The minimum atomic E-state index is -1.21. The normalized spacial score (nSPS) is 48.2. The Labute approximate surface area is 112 Å². The molecule has 7 atom stereocenters. The van der Waals surface area contributed by atoms with E-state index in [0.717, 1.165) is 25.7 Å². The van der Waals surface area contributed by atoms with E-state index >= 15 is 0 Å². The van der Waals surface area contributed by atoms with Gasteiger partial charge >= 0.3 is 0 Å². The summed E-state index contributed by atoms with van der Waals surface area (Å²) in [5.41, 5.74) is 11.8. The molecule has 19 heavy (non-hydrogen) atoms. The van der Waals surface area contributed by atoms with Crippen molar-refractivity contribution in [2.24, 2.45) is 11.5 Å². The van der Waals surface area contributed by atoms with Crippen molar-refractivity contribution in [1.82, 2.24) is 0 Å². The fourth-order valence-electron chi connectivity index (χ4n) is 2.69. The molecule has 112 valence electrons. The Balaban J connectivity index is 1.98. The molecule has 7 N–H and O–H groups in total. The molecule has 0 spiro atoms. The average Bonchev–Trinajstić information content (AvgIpc) is 2.41. The summed E-state index contributed by atoms with van der Waals surface area (Å²) < 4.78 is 11.2. The predicted molar refractivity (Wildman–Crippen MR) is 67.1 cm³/mol. The van der Waals surface area contributed by atoms with E-state index in [-0.39, 0.29) is 12.1 Å². The van der Waals surface area contributed by atoms with Crippen molar-refractivity contribution in [3.63, 3.8) is 0 Å². The summed E-state index contributed by atoms with van der Waals surface area (Å²) in [5, 5.41) is 28.6. The monoisotopic (exact) mass is 276 g/mol. The number of nitrogens with two attached hydrogens (primary N) is 2. The van der Waals surface area contributed by atoms with Gasteiger partial charge in [-0.3, -0.25) is 0 Å². The first-order valence-corrected chi connectivity index (χ1v) is 6.83. The summed E-state index contributed by atoms with van der Waals surface area (Å²) in [6, 6.07) is -0.923. The lowest BCUT2D eigenvalue weighted by atomic mass is 9.92. The fourth-order valence-corrected chi connectivity index (χ4v) is 2.69. The van der Waals surface area contributed by atoms with Gasteiger partial charge in [0.2, 0.25) is 0 Å². The van der Waals surface area contributed by atoms with Crippen molar-refractivity contribution in [2.45, 2.75) is 68.5 Å². The van der Waals surface area contributed by atoms with Gasteiger partial charge in [0.15, 0.2) is 6.29 Å². The predicted octanol–water partition coefficient (Wildman–Crippen LogP) is -1.96. The minimum Gasteiger partial charge on any atom is -0.394 e. The van der Waals surface area contributed by atoms with Crippen LogP contribution in [0.2, 0.25) is 0 Å². The van der Waals surface area contributed by atoms with E-state index in [1.165, 1.54) is 0 Å². The van der Waals surface area contributed by atoms with Crippen LogP contribution < -0.4 is 11.5 Å². The highest BCUT2D eigenvalue weighted by Crippen LogP contribution is 2.26. The summed E-state index contributed by atoms with van der Waals surface area (Å²) in [4.78, 5) is 0. The van der Waals surface area contributed by atoms with Gasteiger partial charge in [-0.1, -0.05) is 12.8 Å². The minimum absolute atomic E-state index is 0.0684. The summed E-state index contributed by atoms with van der Waals surface area (Å²) >= 11 is 0. The van der Waals surface area contributed by atoms with Gasteiger partial charge in [0, 0.05) is 6.04 Å². The molecule has 0 radical (unpaired) electrons. The van der Waals surface area contributed by atoms with Crippen LogP contribution in [0.3, 0.4) is 0 Å². The Morgan fingerprint density at radius 2 is 1.79 bits per heavy atom. The molecule has 1 heterocycles. The van der Waals surface area contributed by atoms with Crippen LogP contribution in [0.1, 0.15) is 25.7 Å². The van der Waals surface area contributed by atoms with E-state index in [1.807, 2.05) is 0 Å². The highest BCUT2D eigenvalue weighted by atomic mass is 16.7. The second-order valence-electron chi connectivity index (χ2n) is 5.41. The maximum atomic E-state index is 9.84. The molecular formula is C12H24N2O5. The van der Waals surface area contributed by atoms with Gasteiger partial charge in [-0.05, 0) is 12.8 Å². The summed E-state index contributed by atoms with van der Waals surface area (Å²) in [7, 11) is 0. The summed E-state index contributed by atoms with van der Waals surface area (Å²) in [6.45, 7) is -0.401. The van der Waals surface area contributed by atoms with E-state index in [9.17, 15) is 10.2 Å². The molecule has 0 aromatic heterocycles. The molecule has 0 aromatic carbocycles. The van der Waals surface area contributed by atoms with Crippen LogP contribution in [0.25, 0.3) is 0 Å². The molecular weight excluding hydrogens is 252 g/mol. The third kappa shape index (κ3) is 3.25. The van der Waals surface area contributed by atoms with Crippen LogP contribution in [0.5, 0.6) is 0 Å². The molecule has 0 bridgehead atoms. The van der Waals surface area contributed by atoms with Crippen molar-refractivity contribution in [2.75, 3.05) is 6.61 Å². The SMILES string of the molecule is N[C@@H]1[C@H](O[C@H]2CCCC[C@@H]2N)O[C@@H](CO)[C@H](O)[C@H]1O. The zero-order chi connectivity index (χ0) is 14.0. The Kier molecular flexibility index (Phi) is 5.13. The van der Waals surface area contributed by atoms with Crippen molar-refractivity contribution >= 4 is 0 Å². The van der Waals surface area contributed by atoms with Gasteiger partial charge in [0.05, 0.1) is 18.8 Å². The van der Waals surface area contributed by atoms with E-state index in [2.05, 4.69) is 0 Å². The average molecular weight is 276 g/mol. The van der Waals surface area contributed by atoms with E-state index in [1.54, 1.807) is 0 Å². The maximum Gasteiger partial charge on any atom is 0.176 e. The second kappa shape index (κ2) is 6.45. The van der Waals surface area contributed by atoms with Gasteiger partial charge in [-0.2, -0.15) is 0 Å². The number of ether oxygens (including phenoxy) is 2. The van der Waals surface area contributed by atoms with E-state index < -0.39 is 37.3 Å². The van der Waals surface area contributed by atoms with Gasteiger partial charge in [-0.15, -0.1) is 0 Å². The molecule has 0 aromatic rings. The molecule has 2 aliphatic rings. The fraction of sp³-hybridized carbons (Fsp3) is 1.00. The van der Waals surface area contributed by atoms with Crippen molar-refractivity contribution in [3.8, 4) is 0 Å².